The first-order valence-corrected chi connectivity index (χ1v) is 13.9. The summed E-state index contributed by atoms with van der Waals surface area (Å²) >= 11 is 0. The van der Waals surface area contributed by atoms with Gasteiger partial charge in [-0.25, -0.2) is 0 Å². The second-order valence-corrected chi connectivity index (χ2v) is 9.91. The van der Waals surface area contributed by atoms with Crippen LogP contribution in [0.4, 0.5) is 0 Å². The highest BCUT2D eigenvalue weighted by Gasteiger charge is 2.10. The molecule has 0 aliphatic rings. The molecule has 0 saturated carbocycles. The lowest BCUT2D eigenvalue weighted by atomic mass is 9.99. The third kappa shape index (κ3) is 24.2. The molecular formula is C28H61NO. The Kier molecular flexibility index (Phi) is 28.8. The predicted molar refractivity (Wildman–Crippen MR) is 139 cm³/mol. The van der Waals surface area contributed by atoms with Gasteiger partial charge < -0.3 is 10.4 Å². The van der Waals surface area contributed by atoms with E-state index in [4.69, 9.17) is 0 Å². The van der Waals surface area contributed by atoms with Crippen LogP contribution in [0.2, 0.25) is 0 Å². The maximum absolute atomic E-state index is 2.49. The van der Waals surface area contributed by atoms with Gasteiger partial charge in [0, 0.05) is 6.04 Å². The molecule has 0 aliphatic heterocycles. The molecule has 0 amide bonds. The highest BCUT2D eigenvalue weighted by Crippen LogP contribution is 2.18. The fourth-order valence-corrected chi connectivity index (χ4v) is 4.57. The average Bonchev–Trinajstić information content (AvgIpc) is 2.71. The summed E-state index contributed by atoms with van der Waals surface area (Å²) < 4.78 is 0. The van der Waals surface area contributed by atoms with Gasteiger partial charge in [0.25, 0.3) is 0 Å². The summed E-state index contributed by atoms with van der Waals surface area (Å²) in [6.07, 6.45) is 33.3. The van der Waals surface area contributed by atoms with Gasteiger partial charge in [0.2, 0.25) is 0 Å². The van der Waals surface area contributed by atoms with E-state index in [9.17, 15) is 0 Å². The lowest BCUT2D eigenvalue weighted by Gasteiger charge is -2.24. The zero-order valence-corrected chi connectivity index (χ0v) is 21.8. The molecule has 30 heavy (non-hydrogen) atoms. The Morgan fingerprint density at radius 3 is 0.867 bits per heavy atom. The fraction of sp³-hybridized carbons (Fsp3) is 1.00. The number of hydrogen-bond donors (Lipinski definition) is 0. The van der Waals surface area contributed by atoms with Crippen molar-refractivity contribution in [3.63, 3.8) is 0 Å². The smallest absolute Gasteiger partial charge is 0.00891 e. The predicted octanol–water partition coefficient (Wildman–Crippen LogP) is 9.10. The average molecular weight is 428 g/mol. The molecule has 0 aromatic carbocycles. The fourth-order valence-electron chi connectivity index (χ4n) is 4.57. The third-order valence-electron chi connectivity index (χ3n) is 6.76. The minimum Gasteiger partial charge on any atom is -0.412 e. The van der Waals surface area contributed by atoms with Crippen LogP contribution in [0.15, 0.2) is 0 Å². The molecule has 2 N–H and O–H groups in total. The van der Waals surface area contributed by atoms with Gasteiger partial charge in [-0.2, -0.15) is 0 Å². The van der Waals surface area contributed by atoms with Crippen LogP contribution in [-0.4, -0.2) is 30.5 Å². The Hall–Kier alpha value is -0.0800. The summed E-state index contributed by atoms with van der Waals surface area (Å²) in [7, 11) is 4.58. The van der Waals surface area contributed by atoms with E-state index in [-0.39, 0.29) is 5.48 Å². The Bertz CT molecular complexity index is 292. The quantitative estimate of drug-likeness (QED) is 0.141. The van der Waals surface area contributed by atoms with E-state index in [0.717, 1.165) is 6.04 Å². The zero-order chi connectivity index (χ0) is 21.4. The largest absolute Gasteiger partial charge is 0.412 e. The van der Waals surface area contributed by atoms with Crippen molar-refractivity contribution in [3.8, 4) is 0 Å². The highest BCUT2D eigenvalue weighted by atomic mass is 16.0. The SMILES string of the molecule is CCCCCCCCCCCCCC(CCCCCCCCCCCC)N(C)C.O. The van der Waals surface area contributed by atoms with Gasteiger partial charge in [0.1, 0.15) is 0 Å². The van der Waals surface area contributed by atoms with Gasteiger partial charge in [-0.15, -0.1) is 0 Å². The number of rotatable bonds is 24. The standard InChI is InChI=1S/C28H59N.H2O/c1-5-7-9-11-13-15-17-19-21-23-25-27-28(29(3)4)26-24-22-20-18-16-14-12-10-8-6-2;/h28H,5-27H2,1-4H3;1H2. The van der Waals surface area contributed by atoms with E-state index in [1.54, 1.807) is 0 Å². The minimum atomic E-state index is 0. The Morgan fingerprint density at radius 2 is 0.633 bits per heavy atom. The lowest BCUT2D eigenvalue weighted by molar-refractivity contribution is 0.251. The second-order valence-electron chi connectivity index (χ2n) is 9.91. The van der Waals surface area contributed by atoms with E-state index >= 15 is 0 Å². The molecule has 2 nitrogen and oxygen atoms in total. The Balaban J connectivity index is 0. The third-order valence-corrected chi connectivity index (χ3v) is 6.76. The van der Waals surface area contributed by atoms with E-state index in [1.807, 2.05) is 0 Å². The summed E-state index contributed by atoms with van der Waals surface area (Å²) in [5.74, 6) is 0. The first kappa shape index (κ1) is 32.1. The summed E-state index contributed by atoms with van der Waals surface area (Å²) in [5, 5.41) is 0. The molecule has 1 unspecified atom stereocenters. The van der Waals surface area contributed by atoms with Crippen LogP contribution in [0.25, 0.3) is 0 Å². The van der Waals surface area contributed by atoms with Gasteiger partial charge in [0.15, 0.2) is 0 Å². The molecule has 0 bridgehead atoms. The molecule has 0 aliphatic carbocycles. The van der Waals surface area contributed by atoms with Gasteiger partial charge >= 0.3 is 0 Å². The van der Waals surface area contributed by atoms with Crippen LogP contribution in [0.5, 0.6) is 0 Å². The van der Waals surface area contributed by atoms with Crippen LogP contribution in [0.1, 0.15) is 162 Å². The van der Waals surface area contributed by atoms with Crippen molar-refractivity contribution < 1.29 is 5.48 Å². The molecule has 0 rings (SSSR count). The van der Waals surface area contributed by atoms with Crippen molar-refractivity contribution in [1.29, 1.82) is 0 Å². The van der Waals surface area contributed by atoms with E-state index in [1.165, 1.54) is 148 Å². The van der Waals surface area contributed by atoms with Crippen molar-refractivity contribution in [3.05, 3.63) is 0 Å². The molecule has 0 aromatic rings. The topological polar surface area (TPSA) is 34.7 Å². The van der Waals surface area contributed by atoms with Crippen molar-refractivity contribution in [2.24, 2.45) is 0 Å². The molecule has 2 heteroatoms. The molecule has 0 radical (unpaired) electrons. The number of hydrogen-bond acceptors (Lipinski definition) is 1. The van der Waals surface area contributed by atoms with Crippen LogP contribution < -0.4 is 0 Å². The summed E-state index contributed by atoms with van der Waals surface area (Å²) in [5.41, 5.74) is 0. The van der Waals surface area contributed by atoms with Crippen molar-refractivity contribution in [2.75, 3.05) is 14.1 Å². The maximum Gasteiger partial charge on any atom is 0.00891 e. The second kappa shape index (κ2) is 27.0. The first-order valence-electron chi connectivity index (χ1n) is 13.9. The van der Waals surface area contributed by atoms with E-state index in [0.29, 0.717) is 0 Å². The molecule has 0 aromatic heterocycles. The van der Waals surface area contributed by atoms with Gasteiger partial charge in [-0.3, -0.25) is 0 Å². The van der Waals surface area contributed by atoms with Gasteiger partial charge in [-0.1, -0.05) is 149 Å². The molecule has 0 saturated heterocycles. The monoisotopic (exact) mass is 427 g/mol. The minimum absolute atomic E-state index is 0. The number of nitrogens with zero attached hydrogens (tertiary/aromatic N) is 1. The Morgan fingerprint density at radius 1 is 0.400 bits per heavy atom. The van der Waals surface area contributed by atoms with Crippen LogP contribution in [-0.2, 0) is 0 Å². The first-order chi connectivity index (χ1) is 14.2. The molecule has 0 fully saturated rings. The maximum atomic E-state index is 2.49. The Labute approximate surface area is 192 Å². The normalized spacial score (nSPS) is 12.3. The van der Waals surface area contributed by atoms with Crippen molar-refractivity contribution >= 4 is 0 Å². The van der Waals surface area contributed by atoms with Crippen molar-refractivity contribution in [2.45, 2.75) is 168 Å². The van der Waals surface area contributed by atoms with E-state index in [2.05, 4.69) is 32.8 Å². The zero-order valence-electron chi connectivity index (χ0n) is 21.8. The van der Waals surface area contributed by atoms with E-state index < -0.39 is 0 Å². The molecule has 1 atom stereocenters. The molecule has 184 valence electrons. The highest BCUT2D eigenvalue weighted by molar-refractivity contribution is 4.67. The van der Waals surface area contributed by atoms with Gasteiger partial charge in [-0.05, 0) is 26.9 Å². The van der Waals surface area contributed by atoms with Crippen LogP contribution in [0, 0.1) is 0 Å². The summed E-state index contributed by atoms with van der Waals surface area (Å²) in [6, 6.07) is 0.822. The molecule has 0 spiro atoms. The molecular weight excluding hydrogens is 366 g/mol. The number of unbranched alkanes of at least 4 members (excludes halogenated alkanes) is 19. The van der Waals surface area contributed by atoms with Crippen LogP contribution in [0.3, 0.4) is 0 Å². The van der Waals surface area contributed by atoms with Gasteiger partial charge in [0.05, 0.1) is 0 Å². The summed E-state index contributed by atoms with van der Waals surface area (Å²) in [6.45, 7) is 4.61. The molecule has 0 heterocycles. The lowest BCUT2D eigenvalue weighted by Crippen LogP contribution is -2.27. The summed E-state index contributed by atoms with van der Waals surface area (Å²) in [4.78, 5) is 2.49. The van der Waals surface area contributed by atoms with Crippen LogP contribution >= 0.6 is 0 Å². The van der Waals surface area contributed by atoms with Crippen molar-refractivity contribution in [1.82, 2.24) is 4.90 Å².